The molecule has 0 amide bonds. The van der Waals surface area contributed by atoms with E-state index in [1.54, 1.807) is 6.33 Å². The van der Waals surface area contributed by atoms with E-state index in [0.29, 0.717) is 0 Å². The lowest BCUT2D eigenvalue weighted by atomic mass is 10.2. The third-order valence-electron chi connectivity index (χ3n) is 3.36. The van der Waals surface area contributed by atoms with Crippen LogP contribution >= 0.6 is 0 Å². The van der Waals surface area contributed by atoms with Gasteiger partial charge in [0, 0.05) is 30.7 Å². The number of nitrogens with zero attached hydrogens (tertiary/aromatic N) is 2. The van der Waals surface area contributed by atoms with Gasteiger partial charge in [-0.1, -0.05) is 6.07 Å². The van der Waals surface area contributed by atoms with Gasteiger partial charge in [-0.05, 0) is 31.0 Å². The maximum Gasteiger partial charge on any atom is 0.0922 e. The summed E-state index contributed by atoms with van der Waals surface area (Å²) in [6, 6.07) is 8.63. The van der Waals surface area contributed by atoms with Gasteiger partial charge in [-0.25, -0.2) is 4.98 Å². The molecule has 0 spiro atoms. The van der Waals surface area contributed by atoms with Gasteiger partial charge in [0.25, 0.3) is 0 Å². The molecular weight excluding hydrogens is 224 g/mol. The number of benzene rings is 1. The molecule has 2 N–H and O–H groups in total. The van der Waals surface area contributed by atoms with Crippen molar-refractivity contribution in [2.45, 2.75) is 19.4 Å². The predicted molar refractivity (Wildman–Crippen MR) is 73.8 cm³/mol. The van der Waals surface area contributed by atoms with Crippen molar-refractivity contribution in [2.24, 2.45) is 0 Å². The summed E-state index contributed by atoms with van der Waals surface area (Å²) in [6.07, 6.45) is 6.17. The first-order valence-corrected chi connectivity index (χ1v) is 6.48. The average molecular weight is 242 g/mol. The summed E-state index contributed by atoms with van der Waals surface area (Å²) in [5.41, 5.74) is 3.58. The number of H-pyrrole nitrogens is 1. The average Bonchev–Trinajstić information content (AvgIpc) is 3.10. The second kappa shape index (κ2) is 5.12. The molecule has 18 heavy (non-hydrogen) atoms. The van der Waals surface area contributed by atoms with E-state index < -0.39 is 0 Å². The molecule has 1 saturated heterocycles. The lowest BCUT2D eigenvalue weighted by Gasteiger charge is -2.18. The topological polar surface area (TPSA) is 44.0 Å². The lowest BCUT2D eigenvalue weighted by Crippen LogP contribution is -2.17. The molecule has 2 heterocycles. The largest absolute Gasteiger partial charge is 0.379 e. The van der Waals surface area contributed by atoms with Gasteiger partial charge >= 0.3 is 0 Å². The van der Waals surface area contributed by atoms with Crippen LogP contribution in [0.15, 0.2) is 36.8 Å². The van der Waals surface area contributed by atoms with Crippen molar-refractivity contribution < 1.29 is 0 Å². The Morgan fingerprint density at radius 1 is 1.28 bits per heavy atom. The van der Waals surface area contributed by atoms with Gasteiger partial charge < -0.3 is 15.2 Å². The van der Waals surface area contributed by atoms with Crippen molar-refractivity contribution in [3.05, 3.63) is 42.5 Å². The minimum Gasteiger partial charge on any atom is -0.379 e. The normalized spacial score (nSPS) is 15.0. The zero-order valence-electron chi connectivity index (χ0n) is 10.4. The van der Waals surface area contributed by atoms with E-state index in [1.165, 1.54) is 31.6 Å². The molecule has 4 nitrogen and oxygen atoms in total. The van der Waals surface area contributed by atoms with Gasteiger partial charge in [-0.2, -0.15) is 0 Å². The maximum absolute atomic E-state index is 4.01. The third-order valence-corrected chi connectivity index (χ3v) is 3.36. The van der Waals surface area contributed by atoms with Gasteiger partial charge in [-0.3, -0.25) is 0 Å². The maximum atomic E-state index is 4.01. The van der Waals surface area contributed by atoms with Crippen molar-refractivity contribution >= 4 is 11.4 Å². The fraction of sp³-hybridized carbons (Fsp3) is 0.357. The Balaban J connectivity index is 1.66. The van der Waals surface area contributed by atoms with Gasteiger partial charge in [0.05, 0.1) is 18.6 Å². The Morgan fingerprint density at radius 3 is 2.94 bits per heavy atom. The van der Waals surface area contributed by atoms with Crippen LogP contribution < -0.4 is 10.2 Å². The van der Waals surface area contributed by atoms with Crippen LogP contribution in [-0.4, -0.2) is 23.1 Å². The SMILES string of the molecule is c1cc(NCc2cnc[nH]2)cc(N2CCCC2)c1. The van der Waals surface area contributed by atoms with E-state index in [-0.39, 0.29) is 0 Å². The Labute approximate surface area is 107 Å². The highest BCUT2D eigenvalue weighted by Gasteiger charge is 2.12. The molecule has 0 aliphatic carbocycles. The molecule has 0 unspecified atom stereocenters. The van der Waals surface area contributed by atoms with E-state index >= 15 is 0 Å². The van der Waals surface area contributed by atoms with Crippen molar-refractivity contribution in [3.8, 4) is 0 Å². The summed E-state index contributed by atoms with van der Waals surface area (Å²) in [7, 11) is 0. The minimum absolute atomic E-state index is 0.781. The van der Waals surface area contributed by atoms with Crippen molar-refractivity contribution in [1.29, 1.82) is 0 Å². The van der Waals surface area contributed by atoms with Gasteiger partial charge in [-0.15, -0.1) is 0 Å². The number of hydrogen-bond donors (Lipinski definition) is 2. The number of imidazole rings is 1. The summed E-state index contributed by atoms with van der Waals surface area (Å²) in [5, 5.41) is 3.41. The molecule has 1 aliphatic heterocycles. The van der Waals surface area contributed by atoms with Crippen LogP contribution in [0.25, 0.3) is 0 Å². The summed E-state index contributed by atoms with van der Waals surface area (Å²) in [6.45, 7) is 3.15. The van der Waals surface area contributed by atoms with Crippen LogP contribution in [-0.2, 0) is 6.54 Å². The third kappa shape index (κ3) is 2.47. The van der Waals surface area contributed by atoms with Gasteiger partial charge in [0.15, 0.2) is 0 Å². The summed E-state index contributed by atoms with van der Waals surface area (Å²) >= 11 is 0. The van der Waals surface area contributed by atoms with Crippen LogP contribution in [0, 0.1) is 0 Å². The smallest absolute Gasteiger partial charge is 0.0922 e. The molecule has 0 saturated carbocycles. The Kier molecular flexibility index (Phi) is 3.17. The van der Waals surface area contributed by atoms with Crippen LogP contribution in [0.3, 0.4) is 0 Å². The quantitative estimate of drug-likeness (QED) is 0.866. The van der Waals surface area contributed by atoms with Gasteiger partial charge in [0.1, 0.15) is 0 Å². The van der Waals surface area contributed by atoms with Crippen LogP contribution in [0.1, 0.15) is 18.5 Å². The molecule has 0 radical (unpaired) electrons. The number of aromatic amines is 1. The van der Waals surface area contributed by atoms with E-state index in [9.17, 15) is 0 Å². The zero-order chi connectivity index (χ0) is 12.2. The first-order chi connectivity index (χ1) is 8.92. The molecular formula is C14H18N4. The minimum atomic E-state index is 0.781. The highest BCUT2D eigenvalue weighted by Crippen LogP contribution is 2.23. The number of aromatic nitrogens is 2. The molecule has 1 fully saturated rings. The molecule has 4 heteroatoms. The molecule has 1 aromatic heterocycles. The molecule has 1 aromatic carbocycles. The Hall–Kier alpha value is -1.97. The number of rotatable bonds is 4. The highest BCUT2D eigenvalue weighted by molar-refractivity contribution is 5.58. The summed E-state index contributed by atoms with van der Waals surface area (Å²) in [5.74, 6) is 0. The fourth-order valence-corrected chi connectivity index (χ4v) is 2.37. The monoisotopic (exact) mass is 242 g/mol. The number of anilines is 2. The first kappa shape index (κ1) is 11.1. The zero-order valence-corrected chi connectivity index (χ0v) is 10.4. The van der Waals surface area contributed by atoms with E-state index in [1.807, 2.05) is 6.20 Å². The molecule has 0 atom stereocenters. The summed E-state index contributed by atoms with van der Waals surface area (Å²) < 4.78 is 0. The Morgan fingerprint density at radius 2 is 2.17 bits per heavy atom. The van der Waals surface area contributed by atoms with Crippen LogP contribution in [0.4, 0.5) is 11.4 Å². The van der Waals surface area contributed by atoms with Crippen molar-refractivity contribution in [1.82, 2.24) is 9.97 Å². The molecule has 94 valence electrons. The first-order valence-electron chi connectivity index (χ1n) is 6.48. The van der Waals surface area contributed by atoms with Crippen LogP contribution in [0.5, 0.6) is 0 Å². The van der Waals surface area contributed by atoms with Crippen molar-refractivity contribution in [3.63, 3.8) is 0 Å². The van der Waals surface area contributed by atoms with E-state index in [4.69, 9.17) is 0 Å². The van der Waals surface area contributed by atoms with Crippen LogP contribution in [0.2, 0.25) is 0 Å². The molecule has 1 aliphatic rings. The molecule has 3 rings (SSSR count). The number of hydrogen-bond acceptors (Lipinski definition) is 3. The standard InChI is InChI=1S/C14H18N4/c1-2-7-18(6-1)14-5-3-4-12(8-14)16-10-13-9-15-11-17-13/h3-5,8-9,11,16H,1-2,6-7,10H2,(H,15,17). The highest BCUT2D eigenvalue weighted by atomic mass is 15.1. The lowest BCUT2D eigenvalue weighted by molar-refractivity contribution is 0.949. The fourth-order valence-electron chi connectivity index (χ4n) is 2.37. The van der Waals surface area contributed by atoms with Crippen molar-refractivity contribution in [2.75, 3.05) is 23.3 Å². The van der Waals surface area contributed by atoms with Gasteiger partial charge in [0.2, 0.25) is 0 Å². The van der Waals surface area contributed by atoms with E-state index in [2.05, 4.69) is 44.5 Å². The Bertz CT molecular complexity index is 486. The summed E-state index contributed by atoms with van der Waals surface area (Å²) in [4.78, 5) is 9.55. The molecule has 0 bridgehead atoms. The second-order valence-corrected chi connectivity index (χ2v) is 4.67. The second-order valence-electron chi connectivity index (χ2n) is 4.67. The predicted octanol–water partition coefficient (Wildman–Crippen LogP) is 2.62. The number of nitrogens with one attached hydrogen (secondary N) is 2. The van der Waals surface area contributed by atoms with E-state index in [0.717, 1.165) is 17.9 Å². The molecule has 2 aromatic rings.